The number of aliphatic hydroxyl groups excluding tert-OH is 1. The standard InChI is InChI=1S/C34H42F3N7O5/c1-20-26-11-12-42(24-8-6-23(7-9-24)40-33(46)49-34(2,3)4)13-14-43(26)41-30(20)21-15-27(31-28(48-32(36)37)17-39-44(31)18-21)47-29(19-45)25-10-5-22(35)16-38-25/h5,10,15-18,23-24,29,32,45H,6-9,11-14,19H2,1-4H3,(H,40,46). The van der Waals surface area contributed by atoms with Gasteiger partial charge in [0.1, 0.15) is 11.4 Å². The summed E-state index contributed by atoms with van der Waals surface area (Å²) in [4.78, 5) is 18.8. The van der Waals surface area contributed by atoms with E-state index in [1.165, 1.54) is 22.8 Å². The van der Waals surface area contributed by atoms with Crippen molar-refractivity contribution >= 4 is 11.6 Å². The first-order valence-electron chi connectivity index (χ1n) is 16.5. The number of pyridine rings is 2. The van der Waals surface area contributed by atoms with E-state index in [0.717, 1.165) is 62.6 Å². The van der Waals surface area contributed by atoms with Gasteiger partial charge in [0.2, 0.25) is 0 Å². The van der Waals surface area contributed by atoms with Crippen LogP contribution in [0.5, 0.6) is 11.5 Å². The van der Waals surface area contributed by atoms with Gasteiger partial charge in [0.25, 0.3) is 0 Å². The summed E-state index contributed by atoms with van der Waals surface area (Å²) in [6, 6.07) is 4.77. The number of ether oxygens (including phenoxy) is 3. The minimum absolute atomic E-state index is 0.108. The van der Waals surface area contributed by atoms with Gasteiger partial charge in [0.15, 0.2) is 23.1 Å². The highest BCUT2D eigenvalue weighted by molar-refractivity contribution is 5.75. The summed E-state index contributed by atoms with van der Waals surface area (Å²) in [7, 11) is 0. The molecule has 1 atom stereocenters. The van der Waals surface area contributed by atoms with Crippen LogP contribution in [0.25, 0.3) is 16.8 Å². The number of alkyl halides is 2. The summed E-state index contributed by atoms with van der Waals surface area (Å²) in [6.07, 6.45) is 7.02. The molecular weight excluding hydrogens is 643 g/mol. The van der Waals surface area contributed by atoms with Gasteiger partial charge >= 0.3 is 12.7 Å². The Morgan fingerprint density at radius 2 is 1.86 bits per heavy atom. The maximum atomic E-state index is 13.5. The second kappa shape index (κ2) is 14.2. The number of nitrogens with zero attached hydrogens (tertiary/aromatic N) is 6. The molecule has 1 aliphatic carbocycles. The number of hydrogen-bond donors (Lipinski definition) is 2. The number of carbonyl (C=O) groups is 1. The molecule has 1 amide bonds. The Kier molecular flexibility index (Phi) is 10.0. The molecule has 1 saturated carbocycles. The van der Waals surface area contributed by atoms with Crippen molar-refractivity contribution in [2.45, 2.75) is 96.7 Å². The fourth-order valence-corrected chi connectivity index (χ4v) is 6.75. The maximum Gasteiger partial charge on any atom is 0.407 e. The van der Waals surface area contributed by atoms with Gasteiger partial charge in [-0.2, -0.15) is 19.0 Å². The van der Waals surface area contributed by atoms with Crippen LogP contribution in [0.2, 0.25) is 0 Å². The van der Waals surface area contributed by atoms with Gasteiger partial charge in [0, 0.05) is 49.0 Å². The average molecular weight is 686 g/mol. The number of alkyl carbamates (subject to hydrolysis) is 1. The van der Waals surface area contributed by atoms with Crippen molar-refractivity contribution in [1.29, 1.82) is 0 Å². The Hall–Kier alpha value is -4.37. The van der Waals surface area contributed by atoms with E-state index in [2.05, 4.69) is 20.3 Å². The molecule has 1 fully saturated rings. The number of amides is 1. The molecule has 2 aliphatic rings. The lowest BCUT2D eigenvalue weighted by Gasteiger charge is -2.36. The van der Waals surface area contributed by atoms with E-state index < -0.39 is 30.7 Å². The fraction of sp³-hybridized carbons (Fsp3) is 0.529. The Morgan fingerprint density at radius 3 is 2.53 bits per heavy atom. The van der Waals surface area contributed by atoms with Crippen molar-refractivity contribution in [3.05, 3.63) is 59.6 Å². The number of aliphatic hydroxyl groups is 1. The molecule has 6 rings (SSSR count). The largest absolute Gasteiger partial charge is 0.479 e. The highest BCUT2D eigenvalue weighted by Crippen LogP contribution is 2.38. The number of rotatable bonds is 9. The minimum Gasteiger partial charge on any atom is -0.479 e. The van der Waals surface area contributed by atoms with Crippen molar-refractivity contribution in [3.8, 4) is 22.8 Å². The first-order valence-corrected chi connectivity index (χ1v) is 16.5. The van der Waals surface area contributed by atoms with Gasteiger partial charge in [-0.1, -0.05) is 0 Å². The van der Waals surface area contributed by atoms with Gasteiger partial charge in [-0.25, -0.2) is 13.7 Å². The van der Waals surface area contributed by atoms with E-state index in [1.807, 2.05) is 32.4 Å². The Morgan fingerprint density at radius 1 is 1.08 bits per heavy atom. The van der Waals surface area contributed by atoms with Crippen molar-refractivity contribution in [2.75, 3.05) is 19.7 Å². The van der Waals surface area contributed by atoms with E-state index in [9.17, 15) is 23.1 Å². The van der Waals surface area contributed by atoms with Gasteiger partial charge in [-0.15, -0.1) is 0 Å². The maximum absolute atomic E-state index is 13.5. The monoisotopic (exact) mass is 685 g/mol. The predicted octanol–water partition coefficient (Wildman–Crippen LogP) is 5.45. The number of aromatic nitrogens is 5. The fourth-order valence-electron chi connectivity index (χ4n) is 6.75. The van der Waals surface area contributed by atoms with E-state index in [-0.39, 0.29) is 34.8 Å². The normalized spacial score (nSPS) is 19.4. The molecule has 264 valence electrons. The van der Waals surface area contributed by atoms with E-state index in [1.54, 1.807) is 12.3 Å². The van der Waals surface area contributed by atoms with Crippen molar-refractivity contribution in [1.82, 2.24) is 34.6 Å². The molecule has 2 N–H and O–H groups in total. The van der Waals surface area contributed by atoms with Gasteiger partial charge in [-0.05, 0) is 77.1 Å². The van der Waals surface area contributed by atoms with Gasteiger partial charge < -0.3 is 24.6 Å². The lowest BCUT2D eigenvalue weighted by Crippen LogP contribution is -2.45. The van der Waals surface area contributed by atoms with E-state index in [0.29, 0.717) is 23.8 Å². The molecule has 0 aromatic carbocycles. The van der Waals surface area contributed by atoms with Crippen molar-refractivity contribution in [3.63, 3.8) is 0 Å². The van der Waals surface area contributed by atoms with Crippen molar-refractivity contribution < 1.29 is 37.3 Å². The topological polar surface area (TPSA) is 128 Å². The van der Waals surface area contributed by atoms with Crippen LogP contribution in [-0.2, 0) is 17.7 Å². The predicted molar refractivity (Wildman–Crippen MR) is 173 cm³/mol. The summed E-state index contributed by atoms with van der Waals surface area (Å²) in [5.41, 5.74) is 3.26. The molecular formula is C34H42F3N7O5. The smallest absolute Gasteiger partial charge is 0.407 e. The van der Waals surface area contributed by atoms with Crippen LogP contribution in [0.1, 0.15) is 69.5 Å². The third-order valence-corrected chi connectivity index (χ3v) is 9.04. The number of halogens is 3. The second-order valence-electron chi connectivity index (χ2n) is 13.5. The number of fused-ring (bicyclic) bond motifs is 2. The molecule has 1 unspecified atom stereocenters. The average Bonchev–Trinajstić information content (AvgIpc) is 3.51. The Labute approximate surface area is 282 Å². The zero-order chi connectivity index (χ0) is 34.9. The summed E-state index contributed by atoms with van der Waals surface area (Å²) in [6.45, 7) is 6.35. The van der Waals surface area contributed by atoms with E-state index >= 15 is 0 Å². The highest BCUT2D eigenvalue weighted by Gasteiger charge is 2.30. The molecule has 4 aromatic heterocycles. The quantitative estimate of drug-likeness (QED) is 0.237. The summed E-state index contributed by atoms with van der Waals surface area (Å²) in [5.74, 6) is -0.639. The third-order valence-electron chi connectivity index (χ3n) is 9.04. The SMILES string of the molecule is Cc1c(-c2cc(OC(CO)c3ccc(F)cn3)c3c(OC(F)F)cnn3c2)nn2c1CCN(C1CCC(NC(=O)OC(C)(C)C)CC1)CC2. The molecule has 12 nitrogen and oxygen atoms in total. The minimum atomic E-state index is -3.09. The second-order valence-corrected chi connectivity index (χ2v) is 13.5. The van der Waals surface area contributed by atoms with Crippen LogP contribution in [0.4, 0.5) is 18.0 Å². The summed E-state index contributed by atoms with van der Waals surface area (Å²) in [5, 5.41) is 22.4. The van der Waals surface area contributed by atoms with Crippen LogP contribution in [0, 0.1) is 12.7 Å². The van der Waals surface area contributed by atoms with Crippen LogP contribution in [0.15, 0.2) is 36.8 Å². The Balaban J connectivity index is 1.19. The van der Waals surface area contributed by atoms with Crippen molar-refractivity contribution in [2.24, 2.45) is 0 Å². The molecule has 49 heavy (non-hydrogen) atoms. The lowest BCUT2D eigenvalue weighted by molar-refractivity contribution is -0.0489. The molecule has 0 saturated heterocycles. The van der Waals surface area contributed by atoms with Crippen LogP contribution >= 0.6 is 0 Å². The Bertz CT molecular complexity index is 1760. The summed E-state index contributed by atoms with van der Waals surface area (Å²) < 4.78 is 59.8. The molecule has 0 radical (unpaired) electrons. The highest BCUT2D eigenvalue weighted by atomic mass is 19.3. The van der Waals surface area contributed by atoms with E-state index in [4.69, 9.17) is 19.3 Å². The molecule has 4 aromatic rings. The molecule has 0 spiro atoms. The molecule has 5 heterocycles. The van der Waals surface area contributed by atoms with Crippen LogP contribution in [-0.4, -0.2) is 84.5 Å². The van der Waals surface area contributed by atoms with Gasteiger partial charge in [0.05, 0.1) is 36.9 Å². The van der Waals surface area contributed by atoms with Crippen LogP contribution < -0.4 is 14.8 Å². The zero-order valence-corrected chi connectivity index (χ0v) is 28.0. The lowest BCUT2D eigenvalue weighted by atomic mass is 9.90. The first kappa shape index (κ1) is 34.5. The van der Waals surface area contributed by atoms with Gasteiger partial charge in [-0.3, -0.25) is 14.6 Å². The first-order chi connectivity index (χ1) is 23.4. The zero-order valence-electron chi connectivity index (χ0n) is 28.0. The molecule has 1 aliphatic heterocycles. The number of nitrogens with one attached hydrogen (secondary N) is 1. The molecule has 0 bridgehead atoms. The number of carbonyl (C=O) groups excluding carboxylic acids is 1. The summed E-state index contributed by atoms with van der Waals surface area (Å²) >= 11 is 0. The number of hydrogen-bond acceptors (Lipinski definition) is 9. The third kappa shape index (κ3) is 7.93. The van der Waals surface area contributed by atoms with Crippen LogP contribution in [0.3, 0.4) is 0 Å². The molecule has 15 heteroatoms.